The fourth-order valence-corrected chi connectivity index (χ4v) is 14.9. The van der Waals surface area contributed by atoms with Crippen molar-refractivity contribution in [1.29, 1.82) is 0 Å². The number of rotatable bonds is 11. The van der Waals surface area contributed by atoms with Crippen LogP contribution in [0.5, 0.6) is 0 Å². The Hall–Kier alpha value is -8.21. The van der Waals surface area contributed by atoms with Crippen LogP contribution in [0.1, 0.15) is 141 Å². The van der Waals surface area contributed by atoms with Crippen LogP contribution in [-0.2, 0) is 83.5 Å². The number of likely N-dealkylation sites (N-methyl/N-ethyl adjacent to an activating group) is 1. The fraction of sp³-hybridized carbons (Fsp3) is 0.506. The highest BCUT2D eigenvalue weighted by Crippen LogP contribution is 2.34. The molecule has 2 heterocycles. The van der Waals surface area contributed by atoms with Crippen molar-refractivity contribution in [3.63, 3.8) is 0 Å². The van der Waals surface area contributed by atoms with Crippen molar-refractivity contribution < 1.29 is 57.8 Å². The molecule has 1 saturated heterocycles. The van der Waals surface area contributed by atoms with Crippen LogP contribution in [0.2, 0.25) is 0 Å². The van der Waals surface area contributed by atoms with E-state index in [2.05, 4.69) is 38.0 Å². The summed E-state index contributed by atoms with van der Waals surface area (Å²) >= 11 is 3.23. The van der Waals surface area contributed by atoms with Gasteiger partial charge < -0.3 is 46.8 Å². The summed E-state index contributed by atoms with van der Waals surface area (Å²) in [5.74, 6) is -6.19. The number of Topliss-reactive ketones (excluding diaryl/α,β-unsaturated/α-hetero) is 3. The number of benzene rings is 5. The number of nitrogens with one attached hydrogen (secondary N) is 6. The van der Waals surface area contributed by atoms with Gasteiger partial charge >= 0.3 is 0 Å². The Morgan fingerprint density at radius 2 is 1.21 bits per heavy atom. The molecule has 2 bridgehead atoms. The summed E-state index contributed by atoms with van der Waals surface area (Å²) in [5, 5.41) is 30.1. The first-order valence-electron chi connectivity index (χ1n) is 35.6. The number of carbonyl (C=O) groups excluding carboxylic acids is 11. The van der Waals surface area contributed by atoms with E-state index in [9.17, 15) is 53.1 Å². The van der Waals surface area contributed by atoms with Crippen LogP contribution in [0.25, 0.3) is 10.8 Å². The van der Waals surface area contributed by atoms with Crippen molar-refractivity contribution in [1.82, 2.24) is 41.7 Å². The van der Waals surface area contributed by atoms with Crippen LogP contribution >= 0.6 is 23.5 Å². The molecule has 544 valence electrons. The van der Waals surface area contributed by atoms with Crippen molar-refractivity contribution in [2.24, 2.45) is 29.1 Å². The number of ketones is 3. The third-order valence-electron chi connectivity index (χ3n) is 19.6. The molecule has 1 fully saturated rings. The molecule has 22 heteroatoms. The molecule has 0 saturated carbocycles. The molecular weight excluding hydrogens is 1320 g/mol. The van der Waals surface area contributed by atoms with Gasteiger partial charge in [0, 0.05) is 87.1 Å². The van der Waals surface area contributed by atoms with E-state index in [4.69, 9.17) is 0 Å². The Balaban J connectivity index is 1.18. The first-order chi connectivity index (χ1) is 48.2. The number of hydrogen-bond donors (Lipinski definition) is 7. The molecule has 0 radical (unpaired) electrons. The maximum Gasteiger partial charge on any atom is 0.245 e. The van der Waals surface area contributed by atoms with E-state index >= 15 is 4.79 Å². The smallest absolute Gasteiger partial charge is 0.245 e. The topological polar surface area (TPSA) is 287 Å². The zero-order valence-corrected chi connectivity index (χ0v) is 61.9. The third-order valence-corrected chi connectivity index (χ3v) is 21.6. The molecule has 0 unspecified atom stereocenters. The zero-order chi connectivity index (χ0) is 73.5. The lowest BCUT2D eigenvalue weighted by molar-refractivity contribution is -0.145. The summed E-state index contributed by atoms with van der Waals surface area (Å²) in [5.41, 5.74) is 3.00. The fourth-order valence-electron chi connectivity index (χ4n) is 13.3. The van der Waals surface area contributed by atoms with Crippen LogP contribution < -0.4 is 31.9 Å². The van der Waals surface area contributed by atoms with Crippen LogP contribution in [0.15, 0.2) is 127 Å². The molecular formula is C79H104N8O12S2. The van der Waals surface area contributed by atoms with E-state index in [0.29, 0.717) is 48.0 Å². The molecule has 20 nitrogen and oxygen atoms in total. The summed E-state index contributed by atoms with van der Waals surface area (Å²) < 4.78 is 0. The minimum atomic E-state index is -1.65. The van der Waals surface area contributed by atoms with Crippen molar-refractivity contribution in [3.8, 4) is 0 Å². The van der Waals surface area contributed by atoms with Crippen LogP contribution in [0.4, 0.5) is 0 Å². The third kappa shape index (κ3) is 22.9. The largest absolute Gasteiger partial charge is 0.391 e. The number of fused-ring (bicyclic) bond motifs is 4. The van der Waals surface area contributed by atoms with Crippen LogP contribution in [-0.4, -0.2) is 160 Å². The second kappa shape index (κ2) is 38.7. The van der Waals surface area contributed by atoms with Gasteiger partial charge in [-0.05, 0) is 96.4 Å². The predicted octanol–water partition coefficient (Wildman–Crippen LogP) is 8.45. The van der Waals surface area contributed by atoms with Gasteiger partial charge in [0.05, 0.1) is 29.6 Å². The molecule has 7 rings (SSSR count). The average molecular weight is 1420 g/mol. The molecule has 5 aromatic carbocycles. The molecule has 0 aliphatic carbocycles. The number of amides is 8. The summed E-state index contributed by atoms with van der Waals surface area (Å²) in [6.07, 6.45) is -0.956. The number of aliphatic hydroxyl groups excluding tert-OH is 1. The zero-order valence-electron chi connectivity index (χ0n) is 60.2. The van der Waals surface area contributed by atoms with Gasteiger partial charge in [0.25, 0.3) is 0 Å². The summed E-state index contributed by atoms with van der Waals surface area (Å²) in [4.78, 5) is 163. The number of aliphatic hydroxyl groups is 1. The molecule has 0 aromatic heterocycles. The highest BCUT2D eigenvalue weighted by molar-refractivity contribution is 7.98. The molecule has 7 N–H and O–H groups in total. The summed E-state index contributed by atoms with van der Waals surface area (Å²) in [6, 6.07) is 31.2. The predicted molar refractivity (Wildman–Crippen MR) is 397 cm³/mol. The monoisotopic (exact) mass is 1420 g/mol. The van der Waals surface area contributed by atoms with Crippen molar-refractivity contribution in [2.45, 2.75) is 193 Å². The normalized spacial score (nSPS) is 25.6. The van der Waals surface area contributed by atoms with E-state index < -0.39 is 124 Å². The standard InChI is InChI=1S/C79H104N8O12S2/c1-11-23-62-66(89)40-51(6)72(93)83-63(43-55-26-16-13-17-27-55)68(91)46-79(9,50(4)5)78(99)81-52(7)73(94)80-36-39-101-48-57-29-20-28-56(41-57)47-100-38-35-69(92)86(10)71(49(2)3)67(90)45-60(42-54-24-14-12-15-25-54)77(98)87-37-22-34-65(87)75(96)85-70(53(8)88)76(97)84-64(74(95)82-62)44-59-32-21-31-58-30-18-19-33-61(58)59/h12-21,24-33,41,49-53,60,62-65,70-71,88H,11,22-23,34-40,42-48H2,1-10H3,(H,80,94)(H,81,99)(H,82,95)(H,83,93)(H,84,97)(H,85,96)/t51-,52+,53-,60-,62+,63+,64+,65+,70+,71+,79+/m1/s1. The molecule has 11 atom stereocenters. The van der Waals surface area contributed by atoms with Gasteiger partial charge in [-0.25, -0.2) is 0 Å². The number of thioether (sulfide) groups is 2. The Morgan fingerprint density at radius 1 is 0.604 bits per heavy atom. The molecule has 2 aliphatic rings. The Bertz CT molecular complexity index is 3680. The second-order valence-electron chi connectivity index (χ2n) is 28.1. The summed E-state index contributed by atoms with van der Waals surface area (Å²) in [7, 11) is 1.62. The lowest BCUT2D eigenvalue weighted by Crippen LogP contribution is -2.60. The maximum atomic E-state index is 15.1. The lowest BCUT2D eigenvalue weighted by atomic mass is 9.73. The average Bonchev–Trinajstić information content (AvgIpc) is 1.70. The maximum absolute atomic E-state index is 15.1. The summed E-state index contributed by atoms with van der Waals surface area (Å²) in [6.45, 7) is 15.8. The van der Waals surface area contributed by atoms with Gasteiger partial charge in [-0.3, -0.25) is 52.7 Å². The minimum Gasteiger partial charge on any atom is -0.391 e. The van der Waals surface area contributed by atoms with Gasteiger partial charge in [0.2, 0.25) is 47.3 Å². The van der Waals surface area contributed by atoms with E-state index in [1.54, 1.807) is 63.5 Å². The molecule has 101 heavy (non-hydrogen) atoms. The van der Waals surface area contributed by atoms with E-state index in [-0.39, 0.29) is 81.9 Å². The first-order valence-corrected chi connectivity index (χ1v) is 37.9. The van der Waals surface area contributed by atoms with Gasteiger partial charge in [-0.15, -0.1) is 0 Å². The van der Waals surface area contributed by atoms with Crippen molar-refractivity contribution in [2.75, 3.05) is 31.6 Å². The second-order valence-corrected chi connectivity index (χ2v) is 30.3. The minimum absolute atomic E-state index is 0.0684. The molecule has 2 aliphatic heterocycles. The van der Waals surface area contributed by atoms with E-state index in [1.165, 1.54) is 16.7 Å². The Labute approximate surface area is 604 Å². The van der Waals surface area contributed by atoms with Gasteiger partial charge in [-0.2, -0.15) is 23.5 Å². The van der Waals surface area contributed by atoms with Crippen molar-refractivity contribution >= 4 is 98.9 Å². The van der Waals surface area contributed by atoms with E-state index in [1.807, 2.05) is 144 Å². The molecule has 0 spiro atoms. The van der Waals surface area contributed by atoms with E-state index in [0.717, 1.165) is 33.0 Å². The number of carbonyl (C=O) groups is 11. The highest BCUT2D eigenvalue weighted by Gasteiger charge is 2.44. The SMILES string of the molecule is CCC[C@@H]1NC(=O)[C@H](Cc2cccc3ccccc23)NC(=O)[C@H]([C@@H](C)O)NC(=O)[C@@H]2CCCN2C(=O)[C@H](Cc2ccccc2)CC(=O)[C@H](C(C)C)N(C)C(=O)CCSCc2cccc(c2)CSCCNC(=O)[C@H](C)NC(=O)[C@](C)(C(C)C)CC(=O)[C@H](Cc2ccccc2)NC(=O)[C@H](C)CC1=O. The Kier molecular flexibility index (Phi) is 30.7. The first kappa shape index (κ1) is 80.1. The van der Waals surface area contributed by atoms with Gasteiger partial charge in [-0.1, -0.05) is 182 Å². The lowest BCUT2D eigenvalue weighted by Gasteiger charge is -2.34. The van der Waals surface area contributed by atoms with Crippen LogP contribution in [0, 0.1) is 29.1 Å². The molecule has 8 amide bonds. The van der Waals surface area contributed by atoms with Crippen molar-refractivity contribution in [3.05, 3.63) is 155 Å². The Morgan fingerprint density at radius 3 is 1.85 bits per heavy atom. The van der Waals surface area contributed by atoms with Gasteiger partial charge in [0.1, 0.15) is 24.2 Å². The number of nitrogens with zero attached hydrogens (tertiary/aromatic N) is 2. The van der Waals surface area contributed by atoms with Gasteiger partial charge in [0.15, 0.2) is 17.3 Å². The highest BCUT2D eigenvalue weighted by atomic mass is 32.2. The quantitative estimate of drug-likeness (QED) is 0.0653. The number of hydrogen-bond acceptors (Lipinski definition) is 14. The molecule has 5 aromatic rings. The van der Waals surface area contributed by atoms with Crippen LogP contribution in [0.3, 0.4) is 0 Å².